The Morgan fingerprint density at radius 3 is 0.667 bits per heavy atom. The van der Waals surface area contributed by atoms with Crippen LogP contribution < -0.4 is 93.3 Å². The Morgan fingerprint density at radius 2 is 0.414 bits per heavy atom. The Labute approximate surface area is 590 Å². The van der Waals surface area contributed by atoms with Crippen LogP contribution in [0.4, 0.5) is 51.2 Å². The first-order chi connectivity index (χ1) is 49.1. The van der Waals surface area contributed by atoms with E-state index in [9.17, 15) is 0 Å². The van der Waals surface area contributed by atoms with Crippen LogP contribution >= 0.6 is 23.5 Å². The van der Waals surface area contributed by atoms with Crippen molar-refractivity contribution in [1.29, 1.82) is 0 Å². The molecule has 5 aliphatic rings. The average molecular weight is 1340 g/mol. The lowest BCUT2D eigenvalue weighted by molar-refractivity contribution is 1.23. The first-order valence-electron chi connectivity index (χ1n) is 34.3. The lowest BCUT2D eigenvalue weighted by atomic mass is 9.36. The highest BCUT2D eigenvalue weighted by Crippen LogP contribution is 2.49. The fourth-order valence-corrected chi connectivity index (χ4v) is 35.8. The first kappa shape index (κ1) is 58.3. The Bertz CT molecular complexity index is 5170. The molecule has 99 heavy (non-hydrogen) atoms. The van der Waals surface area contributed by atoms with E-state index >= 15 is 0 Å². The smallest absolute Gasteiger partial charge is 0.247 e. The summed E-state index contributed by atoms with van der Waals surface area (Å²) in [6.45, 7) is -0.0360. The van der Waals surface area contributed by atoms with E-state index in [0.29, 0.717) is 0 Å². The second-order valence-electron chi connectivity index (χ2n) is 26.5. The standard InChI is InChI=1S/C90H62BN3S2Si3/c1-7-31-66(32-8-1)97(67-33-9-2-10-34-67)84-49-25-19-43-74(84)92(75-44-20-26-50-85(75)97)63-55-57-72-80(59-63)95-82-61-65(94-78-47-23-29-53-88(78)99(70-39-15-5-16-40-70,71-41-17-6-18-42-71)89-54-30-24-48-79(89)94)62-83-90(82)91(72)73-58-56-64(60-81(73)96-83)93-76-45-21-27-51-86(76)98(68-35-11-3-12-36-68,69-37-13-4-14-38-69)87-52-28-22-46-77(87)93/h1-62H. The van der Waals surface area contributed by atoms with Crippen molar-refractivity contribution < 1.29 is 0 Å². The van der Waals surface area contributed by atoms with Crippen molar-refractivity contribution in [2.24, 2.45) is 0 Å². The number of rotatable bonds is 9. The molecule has 0 spiro atoms. The minimum Gasteiger partial charge on any atom is -0.311 e. The minimum atomic E-state index is -2.90. The molecule has 0 unspecified atom stereocenters. The van der Waals surface area contributed by atoms with Gasteiger partial charge in [-0.25, -0.2) is 0 Å². The highest BCUT2D eigenvalue weighted by Gasteiger charge is 2.53. The fraction of sp³-hybridized carbons (Fsp3) is 0. The summed E-state index contributed by atoms with van der Waals surface area (Å²) < 4.78 is 0. The molecule has 0 fully saturated rings. The quantitative estimate of drug-likeness (QED) is 0.133. The zero-order valence-corrected chi connectivity index (χ0v) is 58.7. The zero-order valence-electron chi connectivity index (χ0n) is 54.0. The van der Waals surface area contributed by atoms with Gasteiger partial charge in [0.05, 0.1) is 0 Å². The molecule has 0 saturated heterocycles. The fourth-order valence-electron chi connectivity index (χ4n) is 17.9. The zero-order chi connectivity index (χ0) is 65.2. The van der Waals surface area contributed by atoms with Crippen LogP contribution in [0.25, 0.3) is 0 Å². The minimum absolute atomic E-state index is 0.0360. The second-order valence-corrected chi connectivity index (χ2v) is 39.9. The van der Waals surface area contributed by atoms with Gasteiger partial charge in [0.25, 0.3) is 0 Å². The maximum Gasteiger partial charge on any atom is 0.247 e. The second kappa shape index (κ2) is 23.1. The van der Waals surface area contributed by atoms with Gasteiger partial charge in [0.1, 0.15) is 0 Å². The Kier molecular flexibility index (Phi) is 13.6. The summed E-state index contributed by atoms with van der Waals surface area (Å²) in [4.78, 5) is 12.9. The molecule has 15 aromatic rings. The van der Waals surface area contributed by atoms with Crippen LogP contribution in [0.5, 0.6) is 0 Å². The van der Waals surface area contributed by atoms with E-state index in [4.69, 9.17) is 0 Å². The summed E-state index contributed by atoms with van der Waals surface area (Å²) in [5, 5.41) is 16.6. The van der Waals surface area contributed by atoms with Gasteiger partial charge in [-0.1, -0.05) is 338 Å². The molecule has 0 aromatic heterocycles. The van der Waals surface area contributed by atoms with Crippen LogP contribution in [0, 0.1) is 0 Å². The van der Waals surface area contributed by atoms with Crippen LogP contribution in [-0.2, 0) is 0 Å². The maximum absolute atomic E-state index is 2.90. The van der Waals surface area contributed by atoms with Crippen LogP contribution in [-0.4, -0.2) is 30.9 Å². The predicted molar refractivity (Wildman–Crippen MR) is 428 cm³/mol. The third kappa shape index (κ3) is 8.46. The molecule has 5 aliphatic heterocycles. The lowest BCUT2D eigenvalue weighted by Crippen LogP contribution is -2.77. The molecule has 5 heterocycles. The molecule has 0 N–H and O–H groups in total. The van der Waals surface area contributed by atoms with E-state index in [-0.39, 0.29) is 6.71 Å². The van der Waals surface area contributed by atoms with E-state index in [2.05, 4.69) is 391 Å². The molecule has 15 aromatic carbocycles. The van der Waals surface area contributed by atoms with Gasteiger partial charge >= 0.3 is 0 Å². The van der Waals surface area contributed by atoms with Gasteiger partial charge in [0.2, 0.25) is 6.71 Å². The van der Waals surface area contributed by atoms with Crippen LogP contribution in [0.2, 0.25) is 0 Å². The average Bonchev–Trinajstić information content (AvgIpc) is 0.708. The normalized spacial score (nSPS) is 14.9. The van der Waals surface area contributed by atoms with Gasteiger partial charge in [-0.3, -0.25) is 0 Å². The van der Waals surface area contributed by atoms with Crippen molar-refractivity contribution in [3.63, 3.8) is 0 Å². The number of nitrogens with zero attached hydrogens (tertiary/aromatic N) is 3. The summed E-state index contributed by atoms with van der Waals surface area (Å²) in [6.07, 6.45) is 0. The van der Waals surface area contributed by atoms with Crippen LogP contribution in [0.3, 0.4) is 0 Å². The molecule has 0 saturated carbocycles. The number of anilines is 9. The monoisotopic (exact) mass is 1340 g/mol. The van der Waals surface area contributed by atoms with Gasteiger partial charge in [-0.2, -0.15) is 0 Å². The number of hydrogen-bond acceptors (Lipinski definition) is 5. The molecule has 0 radical (unpaired) electrons. The van der Waals surface area contributed by atoms with Crippen molar-refractivity contribution in [3.05, 3.63) is 376 Å². The van der Waals surface area contributed by atoms with Crippen molar-refractivity contribution in [2.45, 2.75) is 19.6 Å². The summed E-state index contributed by atoms with van der Waals surface area (Å²) in [7, 11) is -8.60. The maximum atomic E-state index is 2.61. The topological polar surface area (TPSA) is 9.72 Å². The third-order valence-corrected chi connectivity index (χ3v) is 38.6. The van der Waals surface area contributed by atoms with Gasteiger partial charge in [0.15, 0.2) is 24.2 Å². The molecular formula is C90H62BN3S2Si3. The number of para-hydroxylation sites is 6. The summed E-state index contributed by atoms with van der Waals surface area (Å²) >= 11 is 3.89. The molecule has 3 nitrogen and oxygen atoms in total. The number of benzene rings is 15. The largest absolute Gasteiger partial charge is 0.311 e. The molecule has 20 rings (SSSR count). The Hall–Kier alpha value is -10.9. The van der Waals surface area contributed by atoms with Crippen molar-refractivity contribution in [3.8, 4) is 0 Å². The molecule has 9 heteroatoms. The molecular weight excluding hydrogens is 1280 g/mol. The van der Waals surface area contributed by atoms with Gasteiger partial charge in [-0.15, -0.1) is 0 Å². The van der Waals surface area contributed by atoms with Gasteiger partial charge < -0.3 is 14.7 Å². The van der Waals surface area contributed by atoms with Crippen LogP contribution in [0.15, 0.2) is 396 Å². The number of fused-ring (bicyclic) bond motifs is 10. The van der Waals surface area contributed by atoms with E-state index < -0.39 is 24.2 Å². The Balaban J connectivity index is 0.797. The highest BCUT2D eigenvalue weighted by atomic mass is 32.2. The molecule has 0 amide bonds. The highest BCUT2D eigenvalue weighted by molar-refractivity contribution is 8.01. The molecule has 0 atom stereocenters. The molecule has 0 aliphatic carbocycles. The third-order valence-electron chi connectivity index (χ3n) is 21.7. The SMILES string of the molecule is c1ccc([Si]2(c3ccccc3)c3ccccc3N(c3ccc4c(c3)Sc3cc(N5c6ccccc6[Si](c6ccccc6)(c6ccccc6)c6ccccc65)cc5c3B4c3ccc(N4c6ccccc6[Si](c6ccccc6)(c6ccccc6)c6ccccc64)cc3S5)c3ccccc32)cc1. The van der Waals surface area contributed by atoms with E-state index in [1.807, 2.05) is 23.5 Å². The number of hydrogen-bond donors (Lipinski definition) is 0. The summed E-state index contributed by atoms with van der Waals surface area (Å²) in [5.74, 6) is 0. The Morgan fingerprint density at radius 1 is 0.202 bits per heavy atom. The first-order valence-corrected chi connectivity index (χ1v) is 41.9. The van der Waals surface area contributed by atoms with Gasteiger partial charge in [0, 0.05) is 70.8 Å². The van der Waals surface area contributed by atoms with Crippen molar-refractivity contribution in [2.75, 3.05) is 14.7 Å². The molecule has 0 bridgehead atoms. The summed E-state index contributed by atoms with van der Waals surface area (Å²) in [5.41, 5.74) is 14.9. The van der Waals surface area contributed by atoms with Gasteiger partial charge in [-0.05, 0) is 140 Å². The molecule has 464 valence electrons. The van der Waals surface area contributed by atoms with E-state index in [1.54, 1.807) is 0 Å². The van der Waals surface area contributed by atoms with E-state index in [0.717, 1.165) is 17.1 Å². The predicted octanol–water partition coefficient (Wildman–Crippen LogP) is 12.6. The van der Waals surface area contributed by atoms with Crippen molar-refractivity contribution in [1.82, 2.24) is 0 Å². The van der Waals surface area contributed by atoms with Crippen LogP contribution in [0.1, 0.15) is 0 Å². The van der Waals surface area contributed by atoms with E-state index in [1.165, 1.54) is 132 Å². The lowest BCUT2D eigenvalue weighted by Gasteiger charge is -2.46. The van der Waals surface area contributed by atoms with Crippen molar-refractivity contribution >= 4 is 184 Å². The summed E-state index contributed by atoms with van der Waals surface area (Å²) in [6, 6.07) is 144.